The van der Waals surface area contributed by atoms with Gasteiger partial charge in [-0.1, -0.05) is 13.8 Å². The van der Waals surface area contributed by atoms with Crippen LogP contribution < -0.4 is 0 Å². The standard InChI is InChI=1S/C2H4N2.C2H6/c1-4-2-3;1-2/h2-3H,1H2;1-2H3. The molecule has 0 amide bonds. The van der Waals surface area contributed by atoms with Gasteiger partial charge in [0.1, 0.15) is 6.34 Å². The number of aliphatic imine (C=N–C) groups is 1. The summed E-state index contributed by atoms with van der Waals surface area (Å²) in [6, 6.07) is 0. The van der Waals surface area contributed by atoms with Crippen LogP contribution in [0.4, 0.5) is 0 Å². The summed E-state index contributed by atoms with van der Waals surface area (Å²) in [4.78, 5) is 3.03. The van der Waals surface area contributed by atoms with Gasteiger partial charge in [-0.3, -0.25) is 10.4 Å². The second-order valence-corrected chi connectivity index (χ2v) is 0.312. The van der Waals surface area contributed by atoms with Crippen molar-refractivity contribution in [2.24, 2.45) is 4.99 Å². The van der Waals surface area contributed by atoms with Crippen molar-refractivity contribution in [3.05, 3.63) is 0 Å². The van der Waals surface area contributed by atoms with Gasteiger partial charge in [0.05, 0.1) is 0 Å². The SMILES string of the molecule is C=NC=N.CC. The van der Waals surface area contributed by atoms with Crippen LogP contribution in [0.25, 0.3) is 0 Å². The molecule has 0 aromatic rings. The van der Waals surface area contributed by atoms with E-state index in [-0.39, 0.29) is 0 Å². The van der Waals surface area contributed by atoms with E-state index in [1.165, 1.54) is 0 Å². The van der Waals surface area contributed by atoms with Gasteiger partial charge in [-0.2, -0.15) is 0 Å². The van der Waals surface area contributed by atoms with Crippen molar-refractivity contribution in [2.75, 3.05) is 0 Å². The number of nitrogens with zero attached hydrogens (tertiary/aromatic N) is 1. The van der Waals surface area contributed by atoms with Crippen molar-refractivity contribution in [3.8, 4) is 0 Å². The molecule has 2 nitrogen and oxygen atoms in total. The van der Waals surface area contributed by atoms with Gasteiger partial charge in [0.15, 0.2) is 0 Å². The molecule has 36 valence electrons. The molecule has 2 heteroatoms. The third-order valence-electron chi connectivity index (χ3n) is 0.0913. The lowest BCUT2D eigenvalue weighted by molar-refractivity contribution is 1.50. The van der Waals surface area contributed by atoms with Crippen molar-refractivity contribution < 1.29 is 0 Å². The minimum Gasteiger partial charge on any atom is -0.290 e. The predicted molar refractivity (Wildman–Crippen MR) is 29.7 cm³/mol. The first kappa shape index (κ1) is 9.02. The van der Waals surface area contributed by atoms with Crippen LogP contribution >= 0.6 is 0 Å². The molecule has 0 atom stereocenters. The van der Waals surface area contributed by atoms with E-state index < -0.39 is 0 Å². The van der Waals surface area contributed by atoms with Gasteiger partial charge in [-0.25, -0.2) is 0 Å². The molecule has 6 heavy (non-hydrogen) atoms. The Labute approximate surface area is 38.4 Å². The molecule has 1 N–H and O–H groups in total. The Morgan fingerprint density at radius 2 is 1.83 bits per heavy atom. The maximum absolute atomic E-state index is 6.10. The van der Waals surface area contributed by atoms with Gasteiger partial charge in [0.25, 0.3) is 0 Å². The van der Waals surface area contributed by atoms with Gasteiger partial charge in [0, 0.05) is 0 Å². The van der Waals surface area contributed by atoms with E-state index in [1.54, 1.807) is 0 Å². The Morgan fingerprint density at radius 3 is 1.83 bits per heavy atom. The molecule has 0 aromatic carbocycles. The highest BCUT2D eigenvalue weighted by atomic mass is 14.7. The van der Waals surface area contributed by atoms with Crippen LogP contribution in [0.15, 0.2) is 4.99 Å². The molecule has 0 aliphatic carbocycles. The highest BCUT2D eigenvalue weighted by molar-refractivity contribution is 5.58. The Hall–Kier alpha value is -0.660. The van der Waals surface area contributed by atoms with Gasteiger partial charge in [-0.05, 0) is 6.72 Å². The summed E-state index contributed by atoms with van der Waals surface area (Å²) in [6.45, 7) is 6.99. The van der Waals surface area contributed by atoms with Crippen LogP contribution in [0, 0.1) is 5.41 Å². The quantitative estimate of drug-likeness (QED) is 0.369. The van der Waals surface area contributed by atoms with Crippen molar-refractivity contribution in [1.29, 1.82) is 5.41 Å². The normalized spacial score (nSPS) is 4.33. The number of hydrogen-bond acceptors (Lipinski definition) is 1. The summed E-state index contributed by atoms with van der Waals surface area (Å²) in [5, 5.41) is 6.10. The zero-order valence-corrected chi connectivity index (χ0v) is 4.23. The van der Waals surface area contributed by atoms with Gasteiger partial charge in [-0.15, -0.1) is 0 Å². The third-order valence-corrected chi connectivity index (χ3v) is 0.0913. The molecule has 0 bridgehead atoms. The molecule has 0 radical (unpaired) electrons. The lowest BCUT2D eigenvalue weighted by atomic mass is 11.0. The first-order chi connectivity index (χ1) is 2.91. The first-order valence-corrected chi connectivity index (χ1v) is 1.86. The Kier molecular flexibility index (Phi) is 40.5. The molecule has 0 aliphatic heterocycles. The summed E-state index contributed by atoms with van der Waals surface area (Å²) in [5.41, 5.74) is 0. The van der Waals surface area contributed by atoms with Crippen LogP contribution in [0.5, 0.6) is 0 Å². The maximum Gasteiger partial charge on any atom is 0.106 e. The highest BCUT2D eigenvalue weighted by Gasteiger charge is 1.29. The van der Waals surface area contributed by atoms with Gasteiger partial charge in [0.2, 0.25) is 0 Å². The molecule has 0 rings (SSSR count). The van der Waals surface area contributed by atoms with Crippen molar-refractivity contribution >= 4 is 13.1 Å². The van der Waals surface area contributed by atoms with E-state index in [9.17, 15) is 0 Å². The molecule has 0 heterocycles. The summed E-state index contributed by atoms with van der Waals surface area (Å²) >= 11 is 0. The topological polar surface area (TPSA) is 36.2 Å². The summed E-state index contributed by atoms with van der Waals surface area (Å²) in [6.07, 6.45) is 0.889. The molecule has 0 unspecified atom stereocenters. The van der Waals surface area contributed by atoms with Crippen LogP contribution in [-0.2, 0) is 0 Å². The van der Waals surface area contributed by atoms with E-state index in [0.717, 1.165) is 6.34 Å². The minimum absolute atomic E-state index is 0.889. The average Bonchev–Trinajstić information content (AvgIpc) is 1.72. The van der Waals surface area contributed by atoms with Crippen LogP contribution in [-0.4, -0.2) is 13.1 Å². The minimum atomic E-state index is 0.889. The fraction of sp³-hybridized carbons (Fsp3) is 0.500. The fourth-order valence-corrected chi connectivity index (χ4v) is 0. The molecule has 0 aromatic heterocycles. The van der Waals surface area contributed by atoms with Gasteiger partial charge < -0.3 is 0 Å². The van der Waals surface area contributed by atoms with Crippen LogP contribution in [0.1, 0.15) is 13.8 Å². The van der Waals surface area contributed by atoms with Gasteiger partial charge >= 0.3 is 0 Å². The number of hydrogen-bond donors (Lipinski definition) is 1. The van der Waals surface area contributed by atoms with Crippen LogP contribution in [0.3, 0.4) is 0 Å². The lowest BCUT2D eigenvalue weighted by Crippen LogP contribution is -1.44. The molecule has 0 spiro atoms. The van der Waals surface area contributed by atoms with E-state index in [4.69, 9.17) is 5.41 Å². The summed E-state index contributed by atoms with van der Waals surface area (Å²) < 4.78 is 0. The highest BCUT2D eigenvalue weighted by Crippen LogP contribution is 1.33. The predicted octanol–water partition coefficient (Wildman–Crippen LogP) is 1.32. The molecule has 0 saturated carbocycles. The monoisotopic (exact) mass is 86.1 g/mol. The Bertz CT molecular complexity index is 26.5. The second kappa shape index (κ2) is 27.0. The van der Waals surface area contributed by atoms with E-state index in [2.05, 4.69) is 11.7 Å². The van der Waals surface area contributed by atoms with Crippen molar-refractivity contribution in [3.63, 3.8) is 0 Å². The van der Waals surface area contributed by atoms with Crippen molar-refractivity contribution in [1.82, 2.24) is 0 Å². The average molecular weight is 86.1 g/mol. The summed E-state index contributed by atoms with van der Waals surface area (Å²) in [5.74, 6) is 0. The first-order valence-electron chi connectivity index (χ1n) is 1.86. The second-order valence-electron chi connectivity index (χ2n) is 0.312. The van der Waals surface area contributed by atoms with Crippen LogP contribution in [0.2, 0.25) is 0 Å². The molecule has 0 saturated heterocycles. The maximum atomic E-state index is 6.10. The largest absolute Gasteiger partial charge is 0.290 e. The molecule has 0 aliphatic rings. The number of rotatable bonds is 1. The Morgan fingerprint density at radius 1 is 1.67 bits per heavy atom. The van der Waals surface area contributed by atoms with E-state index in [1.807, 2.05) is 13.8 Å². The smallest absolute Gasteiger partial charge is 0.106 e. The van der Waals surface area contributed by atoms with E-state index in [0.29, 0.717) is 0 Å². The zero-order chi connectivity index (χ0) is 5.41. The molecule has 0 fully saturated rings. The summed E-state index contributed by atoms with van der Waals surface area (Å²) in [7, 11) is 0. The Balaban J connectivity index is 0. The zero-order valence-electron chi connectivity index (χ0n) is 4.23. The fourth-order valence-electron chi connectivity index (χ4n) is 0. The third kappa shape index (κ3) is 158. The lowest BCUT2D eigenvalue weighted by Gasteiger charge is -1.47. The number of nitrogens with one attached hydrogen (secondary N) is 1. The molecular formula is C4H10N2. The van der Waals surface area contributed by atoms with Crippen molar-refractivity contribution in [2.45, 2.75) is 13.8 Å². The van der Waals surface area contributed by atoms with E-state index >= 15 is 0 Å². The molecular weight excluding hydrogens is 76.1 g/mol.